The Balaban J connectivity index is 1.25. The molecule has 4 N–H and O–H groups in total. The number of amides is 2. The minimum atomic E-state index is -0.527. The third kappa shape index (κ3) is 5.86. The number of carbonyl (C=O) groups is 2. The highest BCUT2D eigenvalue weighted by Crippen LogP contribution is 2.34. The SMILES string of the molecule is Cc1c(Nc2cc[nH]c(=O)c2C(=O)Nc2ccc(N3CCN(CC(=O)N(C)C)CC3)cc2)cnc2c1NCCO2. The van der Waals surface area contributed by atoms with Gasteiger partial charge in [0.25, 0.3) is 11.5 Å². The van der Waals surface area contributed by atoms with E-state index in [2.05, 4.69) is 35.7 Å². The summed E-state index contributed by atoms with van der Waals surface area (Å²) in [7, 11) is 3.54. The van der Waals surface area contributed by atoms with Gasteiger partial charge in [-0.25, -0.2) is 4.98 Å². The Labute approximate surface area is 232 Å². The number of likely N-dealkylation sites (N-methyl/N-ethyl adjacent to an activating group) is 1. The zero-order valence-electron chi connectivity index (χ0n) is 22.9. The molecule has 1 saturated heterocycles. The number of ether oxygens (including phenoxy) is 1. The van der Waals surface area contributed by atoms with Crippen molar-refractivity contribution in [2.75, 3.05) is 80.8 Å². The summed E-state index contributed by atoms with van der Waals surface area (Å²) < 4.78 is 5.59. The van der Waals surface area contributed by atoms with E-state index in [1.807, 2.05) is 31.2 Å². The first-order valence-electron chi connectivity index (χ1n) is 13.2. The normalized spacial score (nSPS) is 14.9. The molecule has 0 bridgehead atoms. The number of hydrogen-bond donors (Lipinski definition) is 4. The van der Waals surface area contributed by atoms with Gasteiger partial charge in [0, 0.05) is 70.0 Å². The van der Waals surface area contributed by atoms with Gasteiger partial charge in [-0.1, -0.05) is 0 Å². The molecule has 2 aliphatic heterocycles. The van der Waals surface area contributed by atoms with Crippen molar-refractivity contribution in [3.63, 3.8) is 0 Å². The van der Waals surface area contributed by atoms with E-state index in [0.717, 1.165) is 43.1 Å². The first-order valence-corrected chi connectivity index (χ1v) is 13.2. The van der Waals surface area contributed by atoms with Crippen LogP contribution >= 0.6 is 0 Å². The second-order valence-electron chi connectivity index (χ2n) is 10.0. The van der Waals surface area contributed by atoms with Gasteiger partial charge >= 0.3 is 0 Å². The first kappa shape index (κ1) is 27.0. The van der Waals surface area contributed by atoms with Gasteiger partial charge < -0.3 is 35.5 Å². The zero-order chi connectivity index (χ0) is 28.2. The van der Waals surface area contributed by atoms with Crippen LogP contribution in [0.2, 0.25) is 0 Å². The number of pyridine rings is 2. The molecule has 12 nitrogen and oxygen atoms in total. The van der Waals surface area contributed by atoms with Gasteiger partial charge in [-0.2, -0.15) is 0 Å². The number of nitrogens with one attached hydrogen (secondary N) is 4. The van der Waals surface area contributed by atoms with E-state index in [0.29, 0.717) is 42.6 Å². The summed E-state index contributed by atoms with van der Waals surface area (Å²) >= 11 is 0. The van der Waals surface area contributed by atoms with Crippen molar-refractivity contribution in [1.82, 2.24) is 19.8 Å². The van der Waals surface area contributed by atoms with Crippen LogP contribution in [0.3, 0.4) is 0 Å². The maximum absolute atomic E-state index is 13.3. The van der Waals surface area contributed by atoms with Crippen LogP contribution in [-0.4, -0.2) is 91.6 Å². The number of aromatic amines is 1. The van der Waals surface area contributed by atoms with Gasteiger partial charge in [0.2, 0.25) is 11.8 Å². The summed E-state index contributed by atoms with van der Waals surface area (Å²) in [6.07, 6.45) is 3.12. The molecule has 4 heterocycles. The van der Waals surface area contributed by atoms with Crippen LogP contribution in [0.25, 0.3) is 0 Å². The molecular formula is C28H34N8O4. The lowest BCUT2D eigenvalue weighted by Gasteiger charge is -2.36. The quantitative estimate of drug-likeness (QED) is 0.351. The minimum absolute atomic E-state index is 0.0312. The Morgan fingerprint density at radius 1 is 1.07 bits per heavy atom. The van der Waals surface area contributed by atoms with Crippen molar-refractivity contribution < 1.29 is 14.3 Å². The number of benzene rings is 1. The average Bonchev–Trinajstić information content (AvgIpc) is 2.95. The molecule has 0 saturated carbocycles. The summed E-state index contributed by atoms with van der Waals surface area (Å²) in [6, 6.07) is 9.18. The predicted molar refractivity (Wildman–Crippen MR) is 155 cm³/mol. The lowest BCUT2D eigenvalue weighted by Crippen LogP contribution is -2.49. The number of aromatic nitrogens is 2. The van der Waals surface area contributed by atoms with Crippen molar-refractivity contribution in [3.8, 4) is 5.88 Å². The number of H-pyrrole nitrogens is 1. The van der Waals surface area contributed by atoms with E-state index in [1.54, 1.807) is 31.3 Å². The molecule has 2 amide bonds. The smallest absolute Gasteiger partial charge is 0.263 e. The molecule has 40 heavy (non-hydrogen) atoms. The molecule has 0 spiro atoms. The molecule has 0 atom stereocenters. The molecule has 0 radical (unpaired) electrons. The number of hydrogen-bond acceptors (Lipinski definition) is 9. The average molecular weight is 547 g/mol. The van der Waals surface area contributed by atoms with E-state index < -0.39 is 11.5 Å². The number of piperazine rings is 1. The van der Waals surface area contributed by atoms with Crippen LogP contribution in [0.1, 0.15) is 15.9 Å². The van der Waals surface area contributed by atoms with Crippen molar-refractivity contribution >= 4 is 40.3 Å². The Morgan fingerprint density at radius 2 is 1.82 bits per heavy atom. The zero-order valence-corrected chi connectivity index (χ0v) is 22.9. The number of nitrogens with zero attached hydrogens (tertiary/aromatic N) is 4. The summed E-state index contributed by atoms with van der Waals surface area (Å²) in [5.41, 5.74) is 3.76. The van der Waals surface area contributed by atoms with E-state index in [1.165, 1.54) is 6.20 Å². The molecule has 2 aliphatic rings. The van der Waals surface area contributed by atoms with Crippen molar-refractivity contribution in [3.05, 3.63) is 64.2 Å². The fraction of sp³-hybridized carbons (Fsp3) is 0.357. The van der Waals surface area contributed by atoms with Crippen LogP contribution < -0.4 is 31.1 Å². The van der Waals surface area contributed by atoms with Crippen LogP contribution in [0.15, 0.2) is 47.5 Å². The molecule has 210 valence electrons. The van der Waals surface area contributed by atoms with Crippen molar-refractivity contribution in [2.45, 2.75) is 6.92 Å². The highest BCUT2D eigenvalue weighted by molar-refractivity contribution is 6.08. The summed E-state index contributed by atoms with van der Waals surface area (Å²) in [5, 5.41) is 9.33. The molecule has 0 aliphatic carbocycles. The maximum Gasteiger partial charge on any atom is 0.263 e. The Morgan fingerprint density at radius 3 is 2.55 bits per heavy atom. The van der Waals surface area contributed by atoms with Crippen LogP contribution in [0.4, 0.5) is 28.4 Å². The van der Waals surface area contributed by atoms with Gasteiger partial charge in [-0.3, -0.25) is 19.3 Å². The lowest BCUT2D eigenvalue weighted by atomic mass is 10.1. The number of carbonyl (C=O) groups excluding carboxylic acids is 2. The number of anilines is 5. The molecule has 12 heteroatoms. The molecule has 3 aromatic rings. The molecular weight excluding hydrogens is 512 g/mol. The maximum atomic E-state index is 13.3. The standard InChI is InChI=1S/C28H34N8O4/c1-18-22(16-31-28-25(18)29-10-15-40-28)33-21-8-9-30-26(38)24(21)27(39)32-19-4-6-20(7-5-19)36-13-11-35(12-14-36)17-23(37)34(2)3/h4-9,16,29H,10-15,17H2,1-3H3,(H,32,39)(H2,30,33,38). The van der Waals surface area contributed by atoms with Crippen LogP contribution in [-0.2, 0) is 4.79 Å². The summed E-state index contributed by atoms with van der Waals surface area (Å²) in [4.78, 5) is 50.9. The highest BCUT2D eigenvalue weighted by atomic mass is 16.5. The van der Waals surface area contributed by atoms with Crippen LogP contribution in [0.5, 0.6) is 5.88 Å². The number of rotatable bonds is 7. The van der Waals surface area contributed by atoms with Gasteiger partial charge in [-0.05, 0) is 37.3 Å². The third-order valence-corrected chi connectivity index (χ3v) is 7.12. The first-order chi connectivity index (χ1) is 19.3. The van der Waals surface area contributed by atoms with E-state index >= 15 is 0 Å². The Bertz CT molecular complexity index is 1450. The second-order valence-corrected chi connectivity index (χ2v) is 10.0. The largest absolute Gasteiger partial charge is 0.474 e. The third-order valence-electron chi connectivity index (χ3n) is 7.12. The molecule has 0 unspecified atom stereocenters. The summed E-state index contributed by atoms with van der Waals surface area (Å²) in [6.45, 7) is 6.77. The number of fused-ring (bicyclic) bond motifs is 1. The monoisotopic (exact) mass is 546 g/mol. The predicted octanol–water partition coefficient (Wildman–Crippen LogP) is 2.09. The molecule has 1 aromatic carbocycles. The van der Waals surface area contributed by atoms with Gasteiger partial charge in [0.1, 0.15) is 17.9 Å². The van der Waals surface area contributed by atoms with Crippen molar-refractivity contribution in [1.29, 1.82) is 0 Å². The Kier molecular flexibility index (Phi) is 7.87. The van der Waals surface area contributed by atoms with E-state index in [4.69, 9.17) is 4.74 Å². The van der Waals surface area contributed by atoms with E-state index in [-0.39, 0.29) is 11.5 Å². The second kappa shape index (κ2) is 11.7. The Hall–Kier alpha value is -4.58. The highest BCUT2D eigenvalue weighted by Gasteiger charge is 2.22. The lowest BCUT2D eigenvalue weighted by molar-refractivity contribution is -0.129. The topological polar surface area (TPSA) is 135 Å². The fourth-order valence-corrected chi connectivity index (χ4v) is 4.75. The summed E-state index contributed by atoms with van der Waals surface area (Å²) in [5.74, 6) is 0.106. The van der Waals surface area contributed by atoms with Crippen molar-refractivity contribution in [2.24, 2.45) is 0 Å². The van der Waals surface area contributed by atoms with E-state index in [9.17, 15) is 14.4 Å². The fourth-order valence-electron chi connectivity index (χ4n) is 4.75. The minimum Gasteiger partial charge on any atom is -0.474 e. The van der Waals surface area contributed by atoms with Gasteiger partial charge in [0.05, 0.1) is 24.1 Å². The van der Waals surface area contributed by atoms with Crippen LogP contribution in [0, 0.1) is 6.92 Å². The molecule has 1 fully saturated rings. The van der Waals surface area contributed by atoms with Gasteiger partial charge in [0.15, 0.2) is 0 Å². The van der Waals surface area contributed by atoms with Gasteiger partial charge in [-0.15, -0.1) is 0 Å². The molecule has 5 rings (SSSR count). The molecule has 2 aromatic heterocycles.